The molecule has 0 fully saturated rings. The Bertz CT molecular complexity index is 634. The number of carbonyl (C=O) groups excluding carboxylic acids is 1. The van der Waals surface area contributed by atoms with E-state index < -0.39 is 0 Å². The van der Waals surface area contributed by atoms with E-state index in [-0.39, 0.29) is 11.7 Å². The van der Waals surface area contributed by atoms with Crippen LogP contribution in [0.5, 0.6) is 5.75 Å². The minimum atomic E-state index is -0.364. The lowest BCUT2D eigenvalue weighted by molar-refractivity contribution is -0.113. The average molecular weight is 319 g/mol. The Morgan fingerprint density at radius 1 is 1.23 bits per heavy atom. The van der Waals surface area contributed by atoms with E-state index in [1.807, 2.05) is 31.2 Å². The van der Waals surface area contributed by atoms with Crippen molar-refractivity contribution < 1.29 is 13.9 Å². The number of rotatable bonds is 7. The Labute approximate surface area is 133 Å². The number of ether oxygens (including phenoxy) is 1. The van der Waals surface area contributed by atoms with Gasteiger partial charge in [-0.2, -0.15) is 0 Å². The molecule has 0 atom stereocenters. The Balaban J connectivity index is 1.64. The minimum absolute atomic E-state index is 0.147. The van der Waals surface area contributed by atoms with Gasteiger partial charge in [-0.3, -0.25) is 4.79 Å². The maximum Gasteiger partial charge on any atom is 0.234 e. The molecule has 3 nitrogen and oxygen atoms in total. The van der Waals surface area contributed by atoms with Crippen molar-refractivity contribution in [2.45, 2.75) is 6.92 Å². The van der Waals surface area contributed by atoms with Gasteiger partial charge in [-0.1, -0.05) is 24.3 Å². The molecule has 116 valence electrons. The van der Waals surface area contributed by atoms with Gasteiger partial charge in [-0.25, -0.2) is 4.39 Å². The predicted octanol–water partition coefficient (Wildman–Crippen LogP) is 3.88. The zero-order chi connectivity index (χ0) is 15.8. The average Bonchev–Trinajstić information content (AvgIpc) is 2.48. The van der Waals surface area contributed by atoms with E-state index in [0.717, 1.165) is 11.3 Å². The van der Waals surface area contributed by atoms with Crippen LogP contribution in [0.25, 0.3) is 0 Å². The first-order valence-corrected chi connectivity index (χ1v) is 8.12. The fourth-order valence-corrected chi connectivity index (χ4v) is 2.46. The van der Waals surface area contributed by atoms with Crippen LogP contribution >= 0.6 is 11.8 Å². The van der Waals surface area contributed by atoms with Crippen molar-refractivity contribution in [1.82, 2.24) is 0 Å². The topological polar surface area (TPSA) is 38.3 Å². The van der Waals surface area contributed by atoms with Crippen molar-refractivity contribution in [3.8, 4) is 5.75 Å². The Morgan fingerprint density at radius 3 is 2.82 bits per heavy atom. The van der Waals surface area contributed by atoms with Crippen molar-refractivity contribution in [2.75, 3.05) is 23.4 Å². The SMILES string of the molecule is Cc1ccccc1OCCSCC(=O)Nc1cccc(F)c1. The summed E-state index contributed by atoms with van der Waals surface area (Å²) in [5, 5.41) is 2.66. The van der Waals surface area contributed by atoms with Crippen LogP contribution in [0.4, 0.5) is 10.1 Å². The molecule has 0 aliphatic carbocycles. The van der Waals surface area contributed by atoms with Crippen molar-refractivity contribution in [3.05, 3.63) is 59.9 Å². The van der Waals surface area contributed by atoms with Gasteiger partial charge < -0.3 is 10.1 Å². The summed E-state index contributed by atoms with van der Waals surface area (Å²) in [7, 11) is 0. The summed E-state index contributed by atoms with van der Waals surface area (Å²) in [6.45, 7) is 2.54. The van der Waals surface area contributed by atoms with Crippen LogP contribution in [-0.4, -0.2) is 24.0 Å². The largest absolute Gasteiger partial charge is 0.492 e. The molecule has 2 aromatic carbocycles. The standard InChI is InChI=1S/C17H18FNO2S/c1-13-5-2-3-8-16(13)21-9-10-22-12-17(20)19-15-7-4-6-14(18)11-15/h2-8,11H,9-10,12H2,1H3,(H,19,20). The first-order valence-electron chi connectivity index (χ1n) is 6.97. The zero-order valence-corrected chi connectivity index (χ0v) is 13.2. The highest BCUT2D eigenvalue weighted by atomic mass is 32.2. The Hall–Kier alpha value is -2.01. The molecule has 0 saturated heterocycles. The van der Waals surface area contributed by atoms with Crippen molar-refractivity contribution in [2.24, 2.45) is 0 Å². The number of halogens is 1. The van der Waals surface area contributed by atoms with Gasteiger partial charge in [0.2, 0.25) is 5.91 Å². The highest BCUT2D eigenvalue weighted by molar-refractivity contribution is 7.99. The van der Waals surface area contributed by atoms with Gasteiger partial charge in [0.15, 0.2) is 0 Å². The zero-order valence-electron chi connectivity index (χ0n) is 12.3. The van der Waals surface area contributed by atoms with Crippen molar-refractivity contribution in [1.29, 1.82) is 0 Å². The molecule has 22 heavy (non-hydrogen) atoms. The van der Waals surface area contributed by atoms with Gasteiger partial charge in [0, 0.05) is 11.4 Å². The van der Waals surface area contributed by atoms with E-state index in [2.05, 4.69) is 5.32 Å². The second-order valence-electron chi connectivity index (χ2n) is 4.73. The molecule has 2 aromatic rings. The van der Waals surface area contributed by atoms with Gasteiger partial charge in [-0.05, 0) is 36.8 Å². The molecule has 0 unspecified atom stereocenters. The number of nitrogens with one attached hydrogen (secondary N) is 1. The lowest BCUT2D eigenvalue weighted by Gasteiger charge is -2.08. The number of carbonyl (C=O) groups is 1. The van der Waals surface area contributed by atoms with Crippen LogP contribution in [0.3, 0.4) is 0 Å². The highest BCUT2D eigenvalue weighted by Crippen LogP contribution is 2.16. The van der Waals surface area contributed by atoms with E-state index >= 15 is 0 Å². The molecule has 1 amide bonds. The number of anilines is 1. The maximum absolute atomic E-state index is 13.0. The minimum Gasteiger partial charge on any atom is -0.492 e. The number of amides is 1. The molecule has 0 aliphatic heterocycles. The number of hydrogen-bond acceptors (Lipinski definition) is 3. The number of para-hydroxylation sites is 1. The molecule has 5 heteroatoms. The fourth-order valence-electron chi connectivity index (χ4n) is 1.86. The molecule has 0 saturated carbocycles. The van der Waals surface area contributed by atoms with E-state index in [1.54, 1.807) is 12.1 Å². The Kier molecular flexibility index (Phi) is 6.27. The first-order chi connectivity index (χ1) is 10.6. The van der Waals surface area contributed by atoms with E-state index in [4.69, 9.17) is 4.74 Å². The van der Waals surface area contributed by atoms with Crippen LogP contribution in [0, 0.1) is 12.7 Å². The fraction of sp³-hybridized carbons (Fsp3) is 0.235. The van der Waals surface area contributed by atoms with Gasteiger partial charge in [0.1, 0.15) is 11.6 Å². The number of benzene rings is 2. The summed E-state index contributed by atoms with van der Waals surface area (Å²) in [4.78, 5) is 11.7. The normalized spacial score (nSPS) is 10.3. The second-order valence-corrected chi connectivity index (χ2v) is 5.83. The van der Waals surface area contributed by atoms with Gasteiger partial charge in [0.05, 0.1) is 12.4 Å². The van der Waals surface area contributed by atoms with Gasteiger partial charge in [0.25, 0.3) is 0 Å². The molecule has 1 N–H and O–H groups in total. The maximum atomic E-state index is 13.0. The van der Waals surface area contributed by atoms with Crippen molar-refractivity contribution >= 4 is 23.4 Å². The molecule has 0 radical (unpaired) electrons. The van der Waals surface area contributed by atoms with E-state index in [0.29, 0.717) is 23.8 Å². The highest BCUT2D eigenvalue weighted by Gasteiger charge is 2.04. The molecule has 0 aliphatic rings. The monoisotopic (exact) mass is 319 g/mol. The van der Waals surface area contributed by atoms with Crippen LogP contribution in [0.15, 0.2) is 48.5 Å². The van der Waals surface area contributed by atoms with E-state index in [9.17, 15) is 9.18 Å². The molecule has 0 spiro atoms. The summed E-state index contributed by atoms with van der Waals surface area (Å²) >= 11 is 1.48. The summed E-state index contributed by atoms with van der Waals surface area (Å²) in [6, 6.07) is 13.7. The predicted molar refractivity (Wildman–Crippen MR) is 89.0 cm³/mol. The Morgan fingerprint density at radius 2 is 2.05 bits per heavy atom. The molecule has 0 bridgehead atoms. The van der Waals surface area contributed by atoms with Gasteiger partial charge in [-0.15, -0.1) is 11.8 Å². The molecule has 2 rings (SSSR count). The first kappa shape index (κ1) is 16.4. The van der Waals surface area contributed by atoms with Crippen LogP contribution in [-0.2, 0) is 4.79 Å². The second kappa shape index (κ2) is 8.44. The number of hydrogen-bond donors (Lipinski definition) is 1. The lowest BCUT2D eigenvalue weighted by atomic mass is 10.2. The lowest BCUT2D eigenvalue weighted by Crippen LogP contribution is -2.15. The summed E-state index contributed by atoms with van der Waals surface area (Å²) in [5.74, 6) is 1.38. The summed E-state index contributed by atoms with van der Waals surface area (Å²) < 4.78 is 18.6. The third-order valence-corrected chi connectivity index (χ3v) is 3.84. The van der Waals surface area contributed by atoms with Crippen molar-refractivity contribution in [3.63, 3.8) is 0 Å². The number of aryl methyl sites for hydroxylation is 1. The smallest absolute Gasteiger partial charge is 0.234 e. The van der Waals surface area contributed by atoms with Crippen LogP contribution < -0.4 is 10.1 Å². The summed E-state index contributed by atoms with van der Waals surface area (Å²) in [6.07, 6.45) is 0. The quantitative estimate of drug-likeness (QED) is 0.787. The molecule has 0 heterocycles. The summed E-state index contributed by atoms with van der Waals surface area (Å²) in [5.41, 5.74) is 1.57. The molecular weight excluding hydrogens is 301 g/mol. The third-order valence-electron chi connectivity index (χ3n) is 2.92. The third kappa shape index (κ3) is 5.41. The van der Waals surface area contributed by atoms with E-state index in [1.165, 1.54) is 23.9 Å². The van der Waals surface area contributed by atoms with Crippen LogP contribution in [0.2, 0.25) is 0 Å². The molecule has 0 aromatic heterocycles. The number of thioether (sulfide) groups is 1. The molecular formula is C17H18FNO2S. The van der Waals surface area contributed by atoms with Gasteiger partial charge >= 0.3 is 0 Å². The van der Waals surface area contributed by atoms with Crippen LogP contribution in [0.1, 0.15) is 5.56 Å².